The van der Waals surface area contributed by atoms with E-state index in [1.54, 1.807) is 6.08 Å². The Bertz CT molecular complexity index is 1690. The van der Waals surface area contributed by atoms with Gasteiger partial charge in [-0.1, -0.05) is 206 Å². The molecule has 0 aromatic carbocycles. The van der Waals surface area contributed by atoms with Gasteiger partial charge in [0.15, 0.2) is 0 Å². The molecule has 72 heavy (non-hydrogen) atoms. The van der Waals surface area contributed by atoms with E-state index in [0.717, 1.165) is 96.3 Å². The quantitative estimate of drug-likeness (QED) is 0.0205. The SMILES string of the molecule is CC/C=C\C/C=C\C/C=C\C/C=C\C/C=C\CCCC(=O)NC(COP(=O)(O)OCC[N+](C)(C)C)C(/C=C/CCCCCCCCCCCC)OC(=O)CCC/C=C\C/C=C\C/C=C\C/C=C\C/C=C\CC. The zero-order chi connectivity index (χ0) is 52.9. The Morgan fingerprint density at radius 2 is 0.889 bits per heavy atom. The lowest BCUT2D eigenvalue weighted by Gasteiger charge is -2.27. The van der Waals surface area contributed by atoms with E-state index in [2.05, 4.69) is 148 Å². The second-order valence-corrected chi connectivity index (χ2v) is 20.8. The molecule has 408 valence electrons. The molecule has 0 aromatic rings. The van der Waals surface area contributed by atoms with Crippen molar-refractivity contribution in [3.05, 3.63) is 134 Å². The van der Waals surface area contributed by atoms with Gasteiger partial charge in [0.05, 0.1) is 33.8 Å². The van der Waals surface area contributed by atoms with Crippen LogP contribution in [0.4, 0.5) is 0 Å². The van der Waals surface area contributed by atoms with Gasteiger partial charge in [0, 0.05) is 12.8 Å². The first-order valence-corrected chi connectivity index (χ1v) is 29.5. The molecule has 10 heteroatoms. The average Bonchev–Trinajstić information content (AvgIpc) is 3.34. The Balaban J connectivity index is 5.58. The summed E-state index contributed by atoms with van der Waals surface area (Å²) in [6.07, 6.45) is 71.8. The molecule has 0 fully saturated rings. The van der Waals surface area contributed by atoms with E-state index in [1.807, 2.05) is 27.2 Å². The average molecular weight is 1020 g/mol. The Labute approximate surface area is 441 Å². The van der Waals surface area contributed by atoms with Crippen LogP contribution in [0.2, 0.25) is 0 Å². The molecule has 0 bridgehead atoms. The van der Waals surface area contributed by atoms with Crippen molar-refractivity contribution >= 4 is 19.7 Å². The van der Waals surface area contributed by atoms with Crippen LogP contribution in [-0.4, -0.2) is 74.3 Å². The molecule has 0 spiro atoms. The molecule has 3 atom stereocenters. The predicted octanol–water partition coefficient (Wildman–Crippen LogP) is 16.9. The second kappa shape index (κ2) is 50.7. The first-order valence-electron chi connectivity index (χ1n) is 28.0. The molecule has 0 radical (unpaired) electrons. The number of likely N-dealkylation sites (N-methyl/N-ethyl adjacent to an activating group) is 1. The van der Waals surface area contributed by atoms with Crippen LogP contribution in [0.1, 0.15) is 194 Å². The summed E-state index contributed by atoms with van der Waals surface area (Å²) in [6, 6.07) is -0.910. The lowest BCUT2D eigenvalue weighted by atomic mass is 10.1. The topological polar surface area (TPSA) is 111 Å². The van der Waals surface area contributed by atoms with Gasteiger partial charge in [0.1, 0.15) is 19.3 Å². The van der Waals surface area contributed by atoms with Crippen LogP contribution in [0.3, 0.4) is 0 Å². The zero-order valence-electron chi connectivity index (χ0n) is 46.4. The highest BCUT2D eigenvalue weighted by molar-refractivity contribution is 7.47. The monoisotopic (exact) mass is 1020 g/mol. The molecule has 0 saturated carbocycles. The first-order chi connectivity index (χ1) is 34.9. The summed E-state index contributed by atoms with van der Waals surface area (Å²) in [5.74, 6) is -0.655. The number of rotatable bonds is 48. The molecular weight excluding hydrogens is 916 g/mol. The lowest BCUT2D eigenvalue weighted by Crippen LogP contribution is -2.47. The summed E-state index contributed by atoms with van der Waals surface area (Å²) in [6.45, 7) is 6.66. The van der Waals surface area contributed by atoms with Crippen molar-refractivity contribution in [1.29, 1.82) is 0 Å². The molecule has 0 aliphatic heterocycles. The number of unbranched alkanes of at least 4 members (excludes halogenated alkanes) is 12. The molecule has 0 saturated heterocycles. The van der Waals surface area contributed by atoms with E-state index in [9.17, 15) is 19.0 Å². The number of quaternary nitrogens is 1. The number of nitrogens with zero attached hydrogens (tertiary/aromatic N) is 1. The third-order valence-corrected chi connectivity index (χ3v) is 12.3. The van der Waals surface area contributed by atoms with Gasteiger partial charge in [-0.25, -0.2) is 4.57 Å². The van der Waals surface area contributed by atoms with Crippen LogP contribution in [0.25, 0.3) is 0 Å². The van der Waals surface area contributed by atoms with Gasteiger partial charge >= 0.3 is 13.8 Å². The highest BCUT2D eigenvalue weighted by atomic mass is 31.2. The maximum absolute atomic E-state index is 13.5. The number of amides is 1. The predicted molar refractivity (Wildman–Crippen MR) is 309 cm³/mol. The highest BCUT2D eigenvalue weighted by Gasteiger charge is 2.30. The lowest BCUT2D eigenvalue weighted by molar-refractivity contribution is -0.870. The van der Waals surface area contributed by atoms with Crippen molar-refractivity contribution in [3.63, 3.8) is 0 Å². The van der Waals surface area contributed by atoms with Gasteiger partial charge in [-0.05, 0) is 109 Å². The number of carbonyl (C=O) groups is 2. The summed E-state index contributed by atoms with van der Waals surface area (Å²) in [5.41, 5.74) is 0. The summed E-state index contributed by atoms with van der Waals surface area (Å²) in [5, 5.41) is 2.99. The van der Waals surface area contributed by atoms with Crippen LogP contribution >= 0.6 is 7.82 Å². The molecule has 0 heterocycles. The van der Waals surface area contributed by atoms with Gasteiger partial charge in [-0.15, -0.1) is 0 Å². The van der Waals surface area contributed by atoms with Crippen LogP contribution in [0, 0.1) is 0 Å². The summed E-state index contributed by atoms with van der Waals surface area (Å²) in [7, 11) is 1.41. The minimum Gasteiger partial charge on any atom is -0.456 e. The van der Waals surface area contributed by atoms with E-state index in [1.165, 1.54) is 51.4 Å². The Hall–Kier alpha value is -3.85. The van der Waals surface area contributed by atoms with Crippen molar-refractivity contribution in [3.8, 4) is 0 Å². The van der Waals surface area contributed by atoms with Crippen molar-refractivity contribution in [2.75, 3.05) is 40.9 Å². The van der Waals surface area contributed by atoms with Crippen molar-refractivity contribution in [1.82, 2.24) is 5.32 Å². The molecule has 0 aliphatic carbocycles. The first kappa shape index (κ1) is 68.2. The fourth-order valence-corrected chi connectivity index (χ4v) is 7.80. The number of ether oxygens (including phenoxy) is 1. The third kappa shape index (κ3) is 51.1. The molecule has 0 aromatic heterocycles. The highest BCUT2D eigenvalue weighted by Crippen LogP contribution is 2.43. The number of esters is 1. The Morgan fingerprint density at radius 1 is 0.500 bits per heavy atom. The summed E-state index contributed by atoms with van der Waals surface area (Å²) < 4.78 is 30.5. The summed E-state index contributed by atoms with van der Waals surface area (Å²) >= 11 is 0. The van der Waals surface area contributed by atoms with Crippen molar-refractivity contribution in [2.45, 2.75) is 206 Å². The van der Waals surface area contributed by atoms with E-state index in [4.69, 9.17) is 13.8 Å². The van der Waals surface area contributed by atoms with E-state index < -0.39 is 25.9 Å². The normalized spacial score (nSPS) is 14.8. The molecule has 0 aliphatic rings. The molecular formula is C62H104N2O7P+. The van der Waals surface area contributed by atoms with Gasteiger partial charge in [0.2, 0.25) is 5.91 Å². The molecule has 0 rings (SSSR count). The van der Waals surface area contributed by atoms with Crippen molar-refractivity contribution in [2.24, 2.45) is 0 Å². The fraction of sp³-hybridized carbons (Fsp3) is 0.613. The Kier molecular flexibility index (Phi) is 48.0. The van der Waals surface area contributed by atoms with Crippen LogP contribution < -0.4 is 5.32 Å². The third-order valence-electron chi connectivity index (χ3n) is 11.3. The number of phosphoric acid groups is 1. The zero-order valence-corrected chi connectivity index (χ0v) is 47.3. The van der Waals surface area contributed by atoms with Gasteiger partial charge in [-0.2, -0.15) is 0 Å². The maximum Gasteiger partial charge on any atom is 0.472 e. The fourth-order valence-electron chi connectivity index (χ4n) is 7.07. The number of phosphoric ester groups is 1. The molecule has 2 N–H and O–H groups in total. The number of hydrogen-bond donors (Lipinski definition) is 2. The van der Waals surface area contributed by atoms with Crippen LogP contribution in [-0.2, 0) is 27.9 Å². The largest absolute Gasteiger partial charge is 0.472 e. The van der Waals surface area contributed by atoms with Crippen LogP contribution in [0.15, 0.2) is 134 Å². The van der Waals surface area contributed by atoms with Gasteiger partial charge < -0.3 is 19.4 Å². The number of nitrogens with one attached hydrogen (secondary N) is 1. The van der Waals surface area contributed by atoms with Gasteiger partial charge in [-0.3, -0.25) is 18.6 Å². The van der Waals surface area contributed by atoms with Crippen molar-refractivity contribution < 1.29 is 37.3 Å². The molecule has 1 amide bonds. The Morgan fingerprint density at radius 3 is 1.32 bits per heavy atom. The molecule has 3 unspecified atom stereocenters. The smallest absolute Gasteiger partial charge is 0.456 e. The minimum atomic E-state index is -4.48. The summed E-state index contributed by atoms with van der Waals surface area (Å²) in [4.78, 5) is 37.5. The van der Waals surface area contributed by atoms with E-state index in [0.29, 0.717) is 23.9 Å². The maximum atomic E-state index is 13.5. The molecule has 9 nitrogen and oxygen atoms in total. The van der Waals surface area contributed by atoms with E-state index in [-0.39, 0.29) is 32.0 Å². The van der Waals surface area contributed by atoms with Gasteiger partial charge in [0.25, 0.3) is 0 Å². The second-order valence-electron chi connectivity index (χ2n) is 19.3. The number of allylic oxidation sites excluding steroid dienone is 21. The van der Waals surface area contributed by atoms with E-state index >= 15 is 0 Å². The minimum absolute atomic E-state index is 0.0131. The number of carbonyl (C=O) groups excluding carboxylic acids is 2. The van der Waals surface area contributed by atoms with Crippen LogP contribution in [0.5, 0.6) is 0 Å². The standard InChI is InChI=1S/C62H103N2O7P/c1-7-10-13-16-19-22-25-28-30-32-34-36-39-42-45-48-51-54-61(65)63-59(58-70-72(67,68)69-57-56-64(4,5)6)60(53-50-47-44-41-38-27-24-21-18-15-12-9-3)71-62(66)55-52-49-46-43-40-37-35-33-31-29-26-23-20-17-14-11-8-2/h10-11,13-14,19-20,22-23,28-31,34-37,42-43,45-46,50,53,59-60H,7-9,12,15-18,21,24-27,32-33,38-41,44,47-49,51-52,54-58H2,1-6H3,(H-,63,65,67,68)/p+1/b13-10-,14-11-,22-19-,23-20-,30-28-,31-29-,36-34-,37-35-,45-42-,46-43-,53-50+. The number of hydrogen-bond acceptors (Lipinski definition) is 6.